The lowest BCUT2D eigenvalue weighted by Crippen LogP contribution is -2.42. The van der Waals surface area contributed by atoms with Crippen molar-refractivity contribution in [2.45, 2.75) is 19.4 Å². The van der Waals surface area contributed by atoms with Crippen molar-refractivity contribution in [2.75, 3.05) is 7.11 Å². The number of esters is 1. The fourth-order valence-corrected chi connectivity index (χ4v) is 2.25. The standard InChI is InChI=1S/C14H15N3O4/c1-9(18)17(16-20)13(14(19)21-2)7-10-8-15-12-6-4-3-5-11(10)12/h3-6,8,13,15H,7H2,1-2H3/t13-/m0/s1. The Hall–Kier alpha value is -2.70. The van der Waals surface area contributed by atoms with Crippen LogP contribution in [-0.4, -0.2) is 35.0 Å². The number of carbonyl (C=O) groups excluding carboxylic acids is 2. The highest BCUT2D eigenvalue weighted by molar-refractivity contribution is 5.86. The van der Waals surface area contributed by atoms with Gasteiger partial charge in [0.25, 0.3) is 0 Å². The van der Waals surface area contributed by atoms with Gasteiger partial charge in [0, 0.05) is 30.4 Å². The minimum absolute atomic E-state index is 0.141. The smallest absolute Gasteiger partial charge is 0.331 e. The Morgan fingerprint density at radius 1 is 1.38 bits per heavy atom. The quantitative estimate of drug-likeness (QED) is 0.516. The minimum Gasteiger partial charge on any atom is -0.467 e. The van der Waals surface area contributed by atoms with E-state index in [9.17, 15) is 14.5 Å². The molecule has 0 spiro atoms. The molecule has 1 heterocycles. The number of carbonyl (C=O) groups is 2. The second kappa shape index (κ2) is 6.17. The first-order valence-electron chi connectivity index (χ1n) is 6.34. The molecule has 0 aliphatic rings. The number of para-hydroxylation sites is 1. The number of methoxy groups -OCH3 is 1. The van der Waals surface area contributed by atoms with E-state index in [0.29, 0.717) is 5.01 Å². The maximum atomic E-state index is 11.9. The van der Waals surface area contributed by atoms with Crippen LogP contribution in [0.15, 0.2) is 35.7 Å². The maximum Gasteiger partial charge on any atom is 0.331 e. The second-order valence-electron chi connectivity index (χ2n) is 4.55. The topological polar surface area (TPSA) is 91.8 Å². The highest BCUT2D eigenvalue weighted by Gasteiger charge is 2.31. The number of nitroso groups, excluding NO2 is 1. The van der Waals surface area contributed by atoms with Gasteiger partial charge in [-0.25, -0.2) is 4.79 Å². The van der Waals surface area contributed by atoms with Crippen LogP contribution in [0.4, 0.5) is 0 Å². The van der Waals surface area contributed by atoms with Gasteiger partial charge in [0.2, 0.25) is 5.91 Å². The van der Waals surface area contributed by atoms with Crippen molar-refractivity contribution in [2.24, 2.45) is 5.29 Å². The number of fused-ring (bicyclic) bond motifs is 1. The van der Waals surface area contributed by atoms with Crippen molar-refractivity contribution in [3.8, 4) is 0 Å². The predicted molar refractivity (Wildman–Crippen MR) is 76.1 cm³/mol. The molecule has 0 aliphatic carbocycles. The summed E-state index contributed by atoms with van der Waals surface area (Å²) in [5.41, 5.74) is 1.71. The fraction of sp³-hybridized carbons (Fsp3) is 0.286. The molecule has 1 atom stereocenters. The highest BCUT2D eigenvalue weighted by atomic mass is 16.5. The van der Waals surface area contributed by atoms with E-state index in [4.69, 9.17) is 0 Å². The maximum absolute atomic E-state index is 11.9. The molecule has 0 saturated carbocycles. The molecule has 1 amide bonds. The van der Waals surface area contributed by atoms with Crippen LogP contribution in [0.5, 0.6) is 0 Å². The minimum atomic E-state index is -1.08. The highest BCUT2D eigenvalue weighted by Crippen LogP contribution is 2.21. The van der Waals surface area contributed by atoms with E-state index in [0.717, 1.165) is 16.5 Å². The molecular weight excluding hydrogens is 274 g/mol. The Morgan fingerprint density at radius 2 is 2.10 bits per heavy atom. The zero-order valence-corrected chi connectivity index (χ0v) is 11.7. The Morgan fingerprint density at radius 3 is 2.71 bits per heavy atom. The first kappa shape index (κ1) is 14.7. The monoisotopic (exact) mass is 289 g/mol. The van der Waals surface area contributed by atoms with Gasteiger partial charge < -0.3 is 9.72 Å². The van der Waals surface area contributed by atoms with Crippen LogP contribution >= 0.6 is 0 Å². The average Bonchev–Trinajstić information content (AvgIpc) is 2.89. The molecule has 0 aliphatic heterocycles. The average molecular weight is 289 g/mol. The van der Waals surface area contributed by atoms with Crippen LogP contribution in [0.2, 0.25) is 0 Å². The molecule has 1 aromatic heterocycles. The van der Waals surface area contributed by atoms with Crippen molar-refractivity contribution in [3.63, 3.8) is 0 Å². The second-order valence-corrected chi connectivity index (χ2v) is 4.55. The lowest BCUT2D eigenvalue weighted by molar-refractivity contribution is -0.152. The molecule has 0 saturated heterocycles. The number of nitrogens with zero attached hydrogens (tertiary/aromatic N) is 2. The first-order chi connectivity index (χ1) is 10.1. The Balaban J connectivity index is 2.36. The zero-order chi connectivity index (χ0) is 15.4. The fourth-order valence-electron chi connectivity index (χ4n) is 2.25. The number of benzene rings is 1. The van der Waals surface area contributed by atoms with Crippen molar-refractivity contribution >= 4 is 22.8 Å². The zero-order valence-electron chi connectivity index (χ0n) is 11.7. The van der Waals surface area contributed by atoms with E-state index in [1.807, 2.05) is 24.3 Å². The molecule has 7 heteroatoms. The number of amides is 1. The normalized spacial score (nSPS) is 11.9. The molecule has 1 aromatic carbocycles. The summed E-state index contributed by atoms with van der Waals surface area (Å²) in [4.78, 5) is 37.2. The molecular formula is C14H15N3O4. The van der Waals surface area contributed by atoms with Crippen LogP contribution in [0.25, 0.3) is 10.9 Å². The Kier molecular flexibility index (Phi) is 4.32. The van der Waals surface area contributed by atoms with E-state index in [-0.39, 0.29) is 6.42 Å². The predicted octanol–water partition coefficient (Wildman–Crippen LogP) is 1.78. The molecule has 1 N–H and O–H groups in total. The number of hydrogen-bond donors (Lipinski definition) is 1. The SMILES string of the molecule is COC(=O)[C@H](Cc1c[nH]c2ccccc12)N(N=O)C(C)=O. The molecule has 21 heavy (non-hydrogen) atoms. The van der Waals surface area contributed by atoms with Crippen molar-refractivity contribution in [1.82, 2.24) is 9.99 Å². The summed E-state index contributed by atoms with van der Waals surface area (Å²) in [6, 6.07) is 6.46. The van der Waals surface area contributed by atoms with Crippen LogP contribution in [0.1, 0.15) is 12.5 Å². The first-order valence-corrected chi connectivity index (χ1v) is 6.34. The molecule has 2 aromatic rings. The van der Waals surface area contributed by atoms with Crippen LogP contribution in [0, 0.1) is 4.91 Å². The third kappa shape index (κ3) is 2.91. The lowest BCUT2D eigenvalue weighted by atomic mass is 10.0. The number of H-pyrrole nitrogens is 1. The van der Waals surface area contributed by atoms with Gasteiger partial charge in [0.15, 0.2) is 6.04 Å². The largest absolute Gasteiger partial charge is 0.467 e. The molecule has 7 nitrogen and oxygen atoms in total. The van der Waals surface area contributed by atoms with Crippen LogP contribution < -0.4 is 0 Å². The van der Waals surface area contributed by atoms with Gasteiger partial charge in [0.1, 0.15) is 0 Å². The number of nitrogens with one attached hydrogen (secondary N) is 1. The van der Waals surface area contributed by atoms with E-state index >= 15 is 0 Å². The van der Waals surface area contributed by atoms with Crippen LogP contribution in [0.3, 0.4) is 0 Å². The van der Waals surface area contributed by atoms with Gasteiger partial charge in [-0.05, 0) is 11.6 Å². The summed E-state index contributed by atoms with van der Waals surface area (Å²) in [5, 5.41) is 4.16. The van der Waals surface area contributed by atoms with Crippen molar-refractivity contribution in [3.05, 3.63) is 40.9 Å². The lowest BCUT2D eigenvalue weighted by Gasteiger charge is -2.21. The van der Waals surface area contributed by atoms with E-state index in [1.54, 1.807) is 6.20 Å². The molecule has 2 rings (SSSR count). The molecule has 0 radical (unpaired) electrons. The summed E-state index contributed by atoms with van der Waals surface area (Å²) in [6.45, 7) is 1.17. The number of rotatable bonds is 5. The number of ether oxygens (including phenoxy) is 1. The molecule has 0 bridgehead atoms. The van der Waals surface area contributed by atoms with Crippen molar-refractivity contribution in [1.29, 1.82) is 0 Å². The molecule has 110 valence electrons. The van der Waals surface area contributed by atoms with E-state index in [1.165, 1.54) is 14.0 Å². The number of hydrogen-bond acceptors (Lipinski definition) is 5. The number of aromatic nitrogens is 1. The van der Waals surface area contributed by atoms with Crippen LogP contribution in [-0.2, 0) is 20.7 Å². The third-order valence-electron chi connectivity index (χ3n) is 3.27. The summed E-state index contributed by atoms with van der Waals surface area (Å²) in [5.74, 6) is -1.30. The van der Waals surface area contributed by atoms with E-state index < -0.39 is 17.9 Å². The summed E-state index contributed by atoms with van der Waals surface area (Å²) in [6.07, 6.45) is 1.88. The summed E-state index contributed by atoms with van der Waals surface area (Å²) < 4.78 is 4.66. The van der Waals surface area contributed by atoms with Crippen molar-refractivity contribution < 1.29 is 14.3 Å². The van der Waals surface area contributed by atoms with Gasteiger partial charge in [0.05, 0.1) is 12.4 Å². The van der Waals surface area contributed by atoms with Gasteiger partial charge >= 0.3 is 5.97 Å². The Bertz CT molecular complexity index is 680. The third-order valence-corrected chi connectivity index (χ3v) is 3.27. The Labute approximate surface area is 120 Å². The number of aromatic amines is 1. The van der Waals surface area contributed by atoms with Gasteiger partial charge in [-0.1, -0.05) is 18.2 Å². The molecule has 0 fully saturated rings. The van der Waals surface area contributed by atoms with Gasteiger partial charge in [-0.15, -0.1) is 4.91 Å². The van der Waals surface area contributed by atoms with Gasteiger partial charge in [-0.3, -0.25) is 4.79 Å². The van der Waals surface area contributed by atoms with E-state index in [2.05, 4.69) is 15.0 Å². The summed E-state index contributed by atoms with van der Waals surface area (Å²) >= 11 is 0. The molecule has 0 unspecified atom stereocenters. The van der Waals surface area contributed by atoms with Gasteiger partial charge in [-0.2, -0.15) is 5.01 Å². The summed E-state index contributed by atoms with van der Waals surface area (Å²) in [7, 11) is 1.20.